The van der Waals surface area contributed by atoms with Crippen LogP contribution in [-0.2, 0) is 7.05 Å². The Morgan fingerprint density at radius 1 is 1.43 bits per heavy atom. The van der Waals surface area contributed by atoms with Gasteiger partial charge in [-0.05, 0) is 6.07 Å². The van der Waals surface area contributed by atoms with Crippen LogP contribution < -0.4 is 15.6 Å². The van der Waals surface area contributed by atoms with E-state index in [1.54, 1.807) is 11.6 Å². The Morgan fingerprint density at radius 2 is 2.14 bits per heavy atom. The number of nitrogens with one attached hydrogen (secondary N) is 2. The van der Waals surface area contributed by atoms with Crippen molar-refractivity contribution in [3.63, 3.8) is 0 Å². The summed E-state index contributed by atoms with van der Waals surface area (Å²) in [6, 6.07) is 3.86. The molecule has 0 fully saturated rings. The number of pyridine rings is 1. The van der Waals surface area contributed by atoms with Gasteiger partial charge >= 0.3 is 5.69 Å². The predicted octanol–water partition coefficient (Wildman–Crippen LogP) is -0.253. The fourth-order valence-corrected chi connectivity index (χ4v) is 1.41. The van der Waals surface area contributed by atoms with Gasteiger partial charge in [0.1, 0.15) is 5.52 Å². The van der Waals surface area contributed by atoms with Gasteiger partial charge in [-0.3, -0.25) is 9.47 Å². The van der Waals surface area contributed by atoms with E-state index in [4.69, 9.17) is 0 Å². The van der Waals surface area contributed by atoms with Gasteiger partial charge in [-0.1, -0.05) is 0 Å². The second-order valence-corrected chi connectivity index (χ2v) is 3.49. The molecule has 2 heterocycles. The zero-order valence-electron chi connectivity index (χ0n) is 8.46. The van der Waals surface area contributed by atoms with E-state index in [0.29, 0.717) is 0 Å². The summed E-state index contributed by atoms with van der Waals surface area (Å²) in [5.74, 6) is 0.958. The second-order valence-electron chi connectivity index (χ2n) is 3.49. The van der Waals surface area contributed by atoms with Crippen molar-refractivity contribution in [3.05, 3.63) is 22.6 Å². The highest BCUT2D eigenvalue weighted by Crippen LogP contribution is 2.07. The molecule has 0 aromatic carbocycles. The van der Waals surface area contributed by atoms with Gasteiger partial charge in [0.15, 0.2) is 0 Å². The van der Waals surface area contributed by atoms with Crippen molar-refractivity contribution in [1.82, 2.24) is 9.55 Å². The zero-order chi connectivity index (χ0) is 10.3. The summed E-state index contributed by atoms with van der Waals surface area (Å²) in [6.07, 6.45) is 0. The molecule has 2 N–H and O–H groups in total. The minimum atomic E-state index is -0.104. The summed E-state index contributed by atoms with van der Waals surface area (Å²) < 4.78 is 1.57. The maximum Gasteiger partial charge on any atom is 0.384 e. The number of aromatic nitrogens is 3. The Morgan fingerprint density at radius 3 is 2.79 bits per heavy atom. The molecule has 0 atom stereocenters. The van der Waals surface area contributed by atoms with Gasteiger partial charge in [-0.2, -0.15) is 0 Å². The van der Waals surface area contributed by atoms with E-state index < -0.39 is 0 Å². The number of aromatic amines is 2. The number of anilines is 1. The first-order valence-corrected chi connectivity index (χ1v) is 4.38. The predicted molar refractivity (Wildman–Crippen MR) is 54.4 cm³/mol. The Kier molecular flexibility index (Phi) is 1.80. The van der Waals surface area contributed by atoms with Crippen LogP contribution in [0.3, 0.4) is 0 Å². The van der Waals surface area contributed by atoms with Crippen molar-refractivity contribution >= 4 is 17.0 Å². The topological polar surface area (TPSA) is 55.2 Å². The highest BCUT2D eigenvalue weighted by atomic mass is 16.1. The summed E-state index contributed by atoms with van der Waals surface area (Å²) in [4.78, 5) is 19.1. The SMILES string of the molecule is CN(C)c1ccc2c([nH]c(=O)n2C)[nH+]1. The number of nitrogens with zero attached hydrogens (tertiary/aromatic N) is 2. The third kappa shape index (κ3) is 1.17. The molecule has 0 aliphatic heterocycles. The van der Waals surface area contributed by atoms with Crippen LogP contribution in [0.1, 0.15) is 0 Å². The van der Waals surface area contributed by atoms with Gasteiger partial charge < -0.3 is 0 Å². The lowest BCUT2D eigenvalue weighted by Crippen LogP contribution is -2.20. The molecule has 0 bridgehead atoms. The lowest BCUT2D eigenvalue weighted by Gasteiger charge is -2.04. The third-order valence-electron chi connectivity index (χ3n) is 2.29. The second kappa shape index (κ2) is 2.87. The van der Waals surface area contributed by atoms with E-state index in [1.165, 1.54) is 0 Å². The molecule has 5 heteroatoms. The lowest BCUT2D eigenvalue weighted by atomic mass is 10.4. The van der Waals surface area contributed by atoms with Crippen molar-refractivity contribution in [3.8, 4) is 0 Å². The molecule has 0 amide bonds. The van der Waals surface area contributed by atoms with Crippen LogP contribution in [0.5, 0.6) is 0 Å². The fraction of sp³-hybridized carbons (Fsp3) is 0.333. The summed E-state index contributed by atoms with van der Waals surface area (Å²) in [6.45, 7) is 0. The third-order valence-corrected chi connectivity index (χ3v) is 2.29. The van der Waals surface area contributed by atoms with E-state index in [1.807, 2.05) is 31.1 Å². The van der Waals surface area contributed by atoms with Crippen molar-refractivity contribution in [2.75, 3.05) is 19.0 Å². The molecule has 74 valence electrons. The van der Waals surface area contributed by atoms with Crippen molar-refractivity contribution in [2.24, 2.45) is 7.05 Å². The van der Waals surface area contributed by atoms with Crippen molar-refractivity contribution in [1.29, 1.82) is 0 Å². The highest BCUT2D eigenvalue weighted by molar-refractivity contribution is 5.68. The monoisotopic (exact) mass is 193 g/mol. The molecule has 2 aromatic heterocycles. The Labute approximate surface area is 81.0 Å². The van der Waals surface area contributed by atoms with E-state index in [9.17, 15) is 4.79 Å². The first-order valence-electron chi connectivity index (χ1n) is 4.38. The molecule has 2 aromatic rings. The Balaban J connectivity index is 2.73. The summed E-state index contributed by atoms with van der Waals surface area (Å²) >= 11 is 0. The van der Waals surface area contributed by atoms with E-state index >= 15 is 0 Å². The molecule has 0 spiro atoms. The fourth-order valence-electron chi connectivity index (χ4n) is 1.41. The number of hydrogen-bond donors (Lipinski definition) is 1. The minimum absolute atomic E-state index is 0.104. The number of hydrogen-bond acceptors (Lipinski definition) is 2. The Hall–Kier alpha value is -1.78. The summed E-state index contributed by atoms with van der Waals surface area (Å²) in [5, 5.41) is 0. The van der Waals surface area contributed by atoms with E-state index in [2.05, 4.69) is 9.97 Å². The quantitative estimate of drug-likeness (QED) is 0.678. The standard InChI is InChI=1S/C9H12N4O/c1-12(2)7-5-4-6-8(10-7)11-9(14)13(6)3/h4-5H,1-3H3,(H,10,11,14)/p+1. The molecule has 0 aliphatic rings. The molecule has 0 saturated carbocycles. The first-order chi connectivity index (χ1) is 6.59. The first kappa shape index (κ1) is 8.80. The smallest absolute Gasteiger partial charge is 0.298 e. The summed E-state index contributed by atoms with van der Waals surface area (Å²) in [7, 11) is 5.63. The van der Waals surface area contributed by atoms with Crippen LogP contribution in [0.25, 0.3) is 11.2 Å². The van der Waals surface area contributed by atoms with Gasteiger partial charge in [0.25, 0.3) is 5.65 Å². The maximum atomic E-state index is 11.3. The van der Waals surface area contributed by atoms with Gasteiger partial charge in [-0.15, -0.1) is 0 Å². The molecule has 0 unspecified atom stereocenters. The van der Waals surface area contributed by atoms with Crippen LogP contribution in [-0.4, -0.2) is 23.6 Å². The number of fused-ring (bicyclic) bond motifs is 1. The lowest BCUT2D eigenvalue weighted by molar-refractivity contribution is -0.332. The number of imidazole rings is 1. The van der Waals surface area contributed by atoms with Crippen molar-refractivity contribution < 1.29 is 4.98 Å². The Bertz CT molecular complexity index is 523. The number of H-pyrrole nitrogens is 2. The average Bonchev–Trinajstić information content (AvgIpc) is 2.42. The maximum absolute atomic E-state index is 11.3. The largest absolute Gasteiger partial charge is 0.384 e. The molecular weight excluding hydrogens is 180 g/mol. The van der Waals surface area contributed by atoms with Gasteiger partial charge in [-0.25, -0.2) is 14.8 Å². The molecule has 0 saturated heterocycles. The number of rotatable bonds is 1. The van der Waals surface area contributed by atoms with Crippen LogP contribution >= 0.6 is 0 Å². The average molecular weight is 193 g/mol. The molecule has 5 nitrogen and oxygen atoms in total. The molecule has 2 rings (SSSR count). The van der Waals surface area contributed by atoms with Crippen LogP contribution in [0.15, 0.2) is 16.9 Å². The minimum Gasteiger partial charge on any atom is -0.298 e. The highest BCUT2D eigenvalue weighted by Gasteiger charge is 2.10. The normalized spacial score (nSPS) is 10.8. The number of aryl methyl sites for hydroxylation is 1. The summed E-state index contributed by atoms with van der Waals surface area (Å²) in [5.41, 5.74) is 1.52. The van der Waals surface area contributed by atoms with E-state index in [0.717, 1.165) is 17.0 Å². The van der Waals surface area contributed by atoms with Gasteiger partial charge in [0.2, 0.25) is 5.82 Å². The van der Waals surface area contributed by atoms with Crippen LogP contribution in [0.2, 0.25) is 0 Å². The van der Waals surface area contributed by atoms with Crippen LogP contribution in [0.4, 0.5) is 5.82 Å². The zero-order valence-corrected chi connectivity index (χ0v) is 8.46. The van der Waals surface area contributed by atoms with E-state index in [-0.39, 0.29) is 5.69 Å². The molecule has 0 radical (unpaired) electrons. The van der Waals surface area contributed by atoms with Crippen LogP contribution in [0, 0.1) is 0 Å². The molecule has 0 aliphatic carbocycles. The van der Waals surface area contributed by atoms with Crippen molar-refractivity contribution in [2.45, 2.75) is 0 Å². The molecular formula is C9H13N4O+. The van der Waals surface area contributed by atoms with Gasteiger partial charge in [0.05, 0.1) is 14.1 Å². The molecule has 14 heavy (non-hydrogen) atoms. The van der Waals surface area contributed by atoms with Gasteiger partial charge in [0, 0.05) is 13.1 Å².